The number of amides is 1. The van der Waals surface area contributed by atoms with Crippen LogP contribution >= 0.6 is 11.6 Å². The highest BCUT2D eigenvalue weighted by Gasteiger charge is 2.55. The van der Waals surface area contributed by atoms with Gasteiger partial charge in [-0.05, 0) is 56.5 Å². The van der Waals surface area contributed by atoms with Crippen molar-refractivity contribution in [2.24, 2.45) is 11.7 Å². The first-order valence-corrected chi connectivity index (χ1v) is 20.7. The van der Waals surface area contributed by atoms with E-state index in [1.165, 1.54) is 32.0 Å². The number of carbonyl (C=O) groups is 2. The fourth-order valence-electron chi connectivity index (χ4n) is 7.20. The smallest absolute Gasteiger partial charge is 0.435 e. The average molecular weight is 951 g/mol. The van der Waals surface area contributed by atoms with Crippen LogP contribution in [0.4, 0.5) is 49.7 Å². The number of aryl methyl sites for hydroxylation is 1. The number of nitrogens with one attached hydrogen (secondary N) is 1. The number of sulfonamides is 1. The van der Waals surface area contributed by atoms with Crippen LogP contribution in [0.15, 0.2) is 42.5 Å². The number of fused-ring (bicyclic) bond motifs is 2. The molecule has 3 heterocycles. The molecule has 0 fully saturated rings. The number of hydrogen-bond acceptors (Lipinski definition) is 9. The van der Waals surface area contributed by atoms with Crippen molar-refractivity contribution in [3.8, 4) is 23.5 Å². The Morgan fingerprint density at radius 1 is 1.06 bits per heavy atom. The van der Waals surface area contributed by atoms with Crippen LogP contribution < -0.4 is 15.4 Å². The first-order valence-electron chi connectivity index (χ1n) is 18.5. The maximum absolute atomic E-state index is 15.5. The third-order valence-electron chi connectivity index (χ3n) is 9.84. The molecule has 1 aliphatic rings. The third-order valence-corrected chi connectivity index (χ3v) is 11.2. The van der Waals surface area contributed by atoms with Gasteiger partial charge in [0, 0.05) is 28.5 Å². The Hall–Kier alpha value is -5.93. The van der Waals surface area contributed by atoms with Crippen molar-refractivity contribution >= 4 is 50.2 Å². The summed E-state index contributed by atoms with van der Waals surface area (Å²) < 4.78 is 177. The van der Waals surface area contributed by atoms with Gasteiger partial charge in [0.1, 0.15) is 36.5 Å². The summed E-state index contributed by atoms with van der Waals surface area (Å²) in [6.07, 6.45) is -5.93. The van der Waals surface area contributed by atoms with Gasteiger partial charge < -0.3 is 15.8 Å². The number of rotatable bonds is 13. The maximum atomic E-state index is 15.5. The number of anilines is 1. The van der Waals surface area contributed by atoms with Crippen molar-refractivity contribution in [1.82, 2.24) is 29.9 Å². The molecule has 3 aromatic heterocycles. The van der Waals surface area contributed by atoms with Gasteiger partial charge in [0.15, 0.2) is 18.2 Å². The lowest BCUT2D eigenvalue weighted by molar-refractivity contribution is -0.144. The van der Waals surface area contributed by atoms with E-state index >= 15 is 8.78 Å². The number of terminal acetylenes is 1. The number of aromatic nitrogens is 5. The largest absolute Gasteiger partial charge is 0.442 e. The van der Waals surface area contributed by atoms with Gasteiger partial charge in [-0.15, -0.1) is 6.42 Å². The molecule has 0 radical (unpaired) electrons. The lowest BCUT2D eigenvalue weighted by Gasteiger charge is -2.23. The van der Waals surface area contributed by atoms with Gasteiger partial charge in [0.25, 0.3) is 0 Å². The molecule has 342 valence electrons. The summed E-state index contributed by atoms with van der Waals surface area (Å²) >= 11 is 6.56. The van der Waals surface area contributed by atoms with E-state index in [-0.39, 0.29) is 37.8 Å². The number of benzene rings is 2. The molecule has 0 saturated heterocycles. The minimum Gasteiger partial charge on any atom is -0.442 e. The molecule has 64 heavy (non-hydrogen) atoms. The molecule has 0 unspecified atom stereocenters. The van der Waals surface area contributed by atoms with E-state index in [0.717, 1.165) is 18.2 Å². The monoisotopic (exact) mass is 950 g/mol. The van der Waals surface area contributed by atoms with Gasteiger partial charge in [-0.3, -0.25) is 23.9 Å². The topological polar surface area (TPSA) is 167 Å². The maximum Gasteiger partial charge on any atom is 0.435 e. The summed E-state index contributed by atoms with van der Waals surface area (Å²) in [6, 6.07) is 4.40. The number of pyridine rings is 1. The molecule has 25 heteroatoms. The normalized spacial score (nSPS) is 16.0. The van der Waals surface area contributed by atoms with Crippen molar-refractivity contribution in [2.75, 3.05) is 17.3 Å². The zero-order chi connectivity index (χ0) is 47.4. The van der Waals surface area contributed by atoms with Crippen LogP contribution in [0, 0.1) is 36.8 Å². The van der Waals surface area contributed by atoms with Crippen LogP contribution in [0.3, 0.4) is 0 Å². The number of nitrogens with two attached hydrogens (primary N) is 1. The predicted molar refractivity (Wildman–Crippen MR) is 209 cm³/mol. The van der Waals surface area contributed by atoms with Gasteiger partial charge in [0.05, 0.1) is 39.8 Å². The van der Waals surface area contributed by atoms with Crippen LogP contribution in [0.5, 0.6) is 0 Å². The Bertz CT molecular complexity index is 2800. The second-order valence-corrected chi connectivity index (χ2v) is 17.1. The summed E-state index contributed by atoms with van der Waals surface area (Å²) in [5, 5.41) is 8.91. The summed E-state index contributed by atoms with van der Waals surface area (Å²) in [5.41, 5.74) is 0.560. The van der Waals surface area contributed by atoms with Crippen molar-refractivity contribution in [3.05, 3.63) is 93.0 Å². The highest BCUT2D eigenvalue weighted by atomic mass is 35.5. The van der Waals surface area contributed by atoms with Gasteiger partial charge in [0.2, 0.25) is 15.9 Å². The molecule has 0 saturated carbocycles. The Morgan fingerprint density at radius 3 is 2.28 bits per heavy atom. The Morgan fingerprint density at radius 2 is 1.70 bits per heavy atom. The minimum absolute atomic E-state index is 0.138. The number of alkyl halides is 8. The zero-order valence-corrected chi connectivity index (χ0v) is 34.8. The lowest BCUT2D eigenvalue weighted by Crippen LogP contribution is -2.37. The number of nitrogens with zero attached hydrogens (tertiary/aromatic N) is 6. The van der Waals surface area contributed by atoms with Gasteiger partial charge in [-0.1, -0.05) is 29.7 Å². The third kappa shape index (κ3) is 9.75. The second-order valence-electron chi connectivity index (χ2n) is 14.8. The van der Waals surface area contributed by atoms with E-state index in [1.807, 2.05) is 0 Å². The Kier molecular flexibility index (Phi) is 12.8. The van der Waals surface area contributed by atoms with Gasteiger partial charge in [-0.2, -0.15) is 45.3 Å². The lowest BCUT2D eigenvalue weighted by atomic mass is 9.93. The molecular weight excluding hydrogens is 918 g/mol. The molecule has 6 rings (SSSR count). The fourth-order valence-corrected chi connectivity index (χ4v) is 8.12. The predicted octanol–water partition coefficient (Wildman–Crippen LogP) is 6.73. The minimum atomic E-state index is -5.25. The van der Waals surface area contributed by atoms with Crippen molar-refractivity contribution in [3.63, 3.8) is 0 Å². The van der Waals surface area contributed by atoms with Crippen molar-refractivity contribution in [2.45, 2.75) is 70.1 Å². The van der Waals surface area contributed by atoms with Gasteiger partial charge in [-0.25, -0.2) is 21.5 Å². The molecule has 5 aromatic rings. The molecule has 3 atom stereocenters. The zero-order valence-electron chi connectivity index (χ0n) is 33.3. The number of esters is 1. The van der Waals surface area contributed by atoms with E-state index in [2.05, 4.69) is 20.5 Å². The second kappa shape index (κ2) is 17.2. The van der Waals surface area contributed by atoms with Crippen LogP contribution in [-0.4, -0.2) is 70.0 Å². The molecule has 13 nitrogen and oxygen atoms in total. The summed E-state index contributed by atoms with van der Waals surface area (Å²) in [7, 11) is -4.53. The average Bonchev–Trinajstić information content (AvgIpc) is 3.79. The van der Waals surface area contributed by atoms with E-state index in [1.54, 1.807) is 5.92 Å². The highest BCUT2D eigenvalue weighted by molar-refractivity contribution is 7.92. The Labute approximate surface area is 361 Å². The summed E-state index contributed by atoms with van der Waals surface area (Å²) in [4.78, 5) is 30.6. The van der Waals surface area contributed by atoms with Crippen LogP contribution in [0.25, 0.3) is 22.0 Å². The quantitative estimate of drug-likeness (QED) is 0.0564. The Balaban J connectivity index is 1.55. The molecule has 0 spiro atoms. The van der Waals surface area contributed by atoms with E-state index in [9.17, 15) is 53.1 Å². The number of carbonyl (C=O) groups excluding carboxylic acids is 2. The molecule has 1 amide bonds. The SMILES string of the molecule is C#C[C@@H]1Cc2c(C(F)(F)F)nn(CC(=O)N[C@@H](Cc3cc(F)cc(F)c3)c3nc(C)ccc3-c3ccc(Cl)c4c(N(COC(=O)[C@H](C)N)S(C)(=O)=O)nn(CC(F)(F)F)c34)c2C1(F)F. The van der Waals surface area contributed by atoms with Crippen LogP contribution in [0.1, 0.15) is 46.9 Å². The van der Waals surface area contributed by atoms with Crippen molar-refractivity contribution in [1.29, 1.82) is 0 Å². The van der Waals surface area contributed by atoms with Crippen LogP contribution in [0.2, 0.25) is 5.02 Å². The molecular formula is C39H33ClF10N8O5S. The number of halogens is 11. The fraction of sp³-hybridized carbons (Fsp3) is 0.359. The summed E-state index contributed by atoms with van der Waals surface area (Å²) in [5.74, 6) is -9.60. The number of ether oxygens (including phenoxy) is 1. The molecule has 0 aliphatic heterocycles. The molecule has 2 aromatic carbocycles. The van der Waals surface area contributed by atoms with Crippen LogP contribution in [-0.2, 0) is 62.4 Å². The van der Waals surface area contributed by atoms with E-state index in [0.29, 0.717) is 21.3 Å². The highest BCUT2D eigenvalue weighted by Crippen LogP contribution is 2.50. The molecule has 3 N–H and O–H groups in total. The first kappa shape index (κ1) is 47.5. The van der Waals surface area contributed by atoms with E-state index < -0.39 is 136 Å². The van der Waals surface area contributed by atoms with E-state index in [4.69, 9.17) is 28.5 Å². The first-order chi connectivity index (χ1) is 29.6. The molecule has 0 bridgehead atoms. The number of hydrogen-bond donors (Lipinski definition) is 2. The van der Waals surface area contributed by atoms with Gasteiger partial charge >= 0.3 is 24.2 Å². The molecule has 1 aliphatic carbocycles. The summed E-state index contributed by atoms with van der Waals surface area (Å²) in [6.45, 7) is -1.61. The van der Waals surface area contributed by atoms with Crippen molar-refractivity contribution < 1.29 is 66.6 Å². The standard InChI is InChI=1S/C39H33ClF10N8O5S/c1-5-21-13-26-33(39(48,49)50)54-56(34(26)38(21,46)47)15-29(59)53-28(12-20-10-22(41)14-23(42)11-20)31-24(7-6-18(2)52-31)25-8-9-27(40)30-32(25)57(16-37(43,44)45)55-35(30)58(64(4,61)62)17-63-36(60)19(3)51/h1,6-11,14,19,21,28H,12-13,15-17,51H2,2-4H3,(H,53,59)/t19-,21+,28-/m0/s1.